The molecule has 56 valence electrons. The van der Waals surface area contributed by atoms with Crippen LogP contribution in [0.3, 0.4) is 0 Å². The van der Waals surface area contributed by atoms with Crippen LogP contribution in [0, 0.1) is 0 Å². The largest absolute Gasteiger partial charge is 0.393 e. The molecule has 0 aromatic carbocycles. The summed E-state index contributed by atoms with van der Waals surface area (Å²) < 4.78 is 5.01. The van der Waals surface area contributed by atoms with Gasteiger partial charge < -0.3 is 15.2 Å². The lowest BCUT2D eigenvalue weighted by Gasteiger charge is -2.39. The highest BCUT2D eigenvalue weighted by atomic mass is 35.5. The van der Waals surface area contributed by atoms with Gasteiger partial charge in [-0.05, 0) is 0 Å². The summed E-state index contributed by atoms with van der Waals surface area (Å²) in [6.07, 6.45) is 0. The van der Waals surface area contributed by atoms with Crippen LogP contribution in [-0.2, 0) is 4.74 Å². The zero-order valence-corrected chi connectivity index (χ0v) is 6.20. The molecule has 0 aliphatic carbocycles. The third-order valence-electron chi connectivity index (χ3n) is 1.62. The Morgan fingerprint density at radius 3 is 2.22 bits per heavy atom. The first-order valence-electron chi connectivity index (χ1n) is 2.70. The van der Waals surface area contributed by atoms with Gasteiger partial charge in [-0.15, -0.1) is 12.4 Å². The minimum Gasteiger partial charge on any atom is -0.393 e. The number of aliphatic hydroxyl groups is 1. The van der Waals surface area contributed by atoms with Crippen LogP contribution in [0.4, 0.5) is 0 Å². The zero-order valence-electron chi connectivity index (χ0n) is 5.39. The topological polar surface area (TPSA) is 41.5 Å². The SMILES string of the molecule is COC1(CO)CNC1.Cl. The fourth-order valence-corrected chi connectivity index (χ4v) is 0.725. The highest BCUT2D eigenvalue weighted by Crippen LogP contribution is 2.13. The van der Waals surface area contributed by atoms with Gasteiger partial charge in [-0.25, -0.2) is 0 Å². The normalized spacial score (nSPS) is 22.0. The highest BCUT2D eigenvalue weighted by molar-refractivity contribution is 5.85. The van der Waals surface area contributed by atoms with Crippen molar-refractivity contribution in [3.8, 4) is 0 Å². The van der Waals surface area contributed by atoms with E-state index >= 15 is 0 Å². The average Bonchev–Trinajstić information content (AvgIpc) is 1.67. The van der Waals surface area contributed by atoms with Gasteiger partial charge in [-0.1, -0.05) is 0 Å². The molecule has 0 atom stereocenters. The Kier molecular flexibility index (Phi) is 3.43. The molecule has 0 saturated carbocycles. The molecule has 1 heterocycles. The third-order valence-corrected chi connectivity index (χ3v) is 1.62. The van der Waals surface area contributed by atoms with Crippen molar-refractivity contribution < 1.29 is 9.84 Å². The molecule has 0 aromatic heterocycles. The highest BCUT2D eigenvalue weighted by Gasteiger charge is 2.35. The van der Waals surface area contributed by atoms with Crippen molar-refractivity contribution in [2.75, 3.05) is 26.8 Å². The van der Waals surface area contributed by atoms with E-state index in [9.17, 15) is 0 Å². The molecule has 1 fully saturated rings. The van der Waals surface area contributed by atoms with Gasteiger partial charge >= 0.3 is 0 Å². The van der Waals surface area contributed by atoms with Gasteiger partial charge in [0.25, 0.3) is 0 Å². The number of aliphatic hydroxyl groups excluding tert-OH is 1. The van der Waals surface area contributed by atoms with Gasteiger partial charge in [0, 0.05) is 20.2 Å². The first-order valence-corrected chi connectivity index (χ1v) is 2.70. The van der Waals surface area contributed by atoms with Crippen LogP contribution < -0.4 is 5.32 Å². The number of nitrogens with one attached hydrogen (secondary N) is 1. The quantitative estimate of drug-likeness (QED) is 0.556. The van der Waals surface area contributed by atoms with Crippen molar-refractivity contribution in [1.82, 2.24) is 5.32 Å². The van der Waals surface area contributed by atoms with Crippen molar-refractivity contribution in [3.63, 3.8) is 0 Å². The molecule has 2 N–H and O–H groups in total. The lowest BCUT2D eigenvalue weighted by molar-refractivity contribution is -0.0856. The van der Waals surface area contributed by atoms with Crippen LogP contribution in [0.15, 0.2) is 0 Å². The van der Waals surface area contributed by atoms with Gasteiger partial charge in [0.1, 0.15) is 5.60 Å². The van der Waals surface area contributed by atoms with Gasteiger partial charge in [0.05, 0.1) is 6.61 Å². The Bertz CT molecular complexity index is 71.5. The van der Waals surface area contributed by atoms with E-state index in [1.807, 2.05) is 0 Å². The summed E-state index contributed by atoms with van der Waals surface area (Å²) in [6, 6.07) is 0. The van der Waals surface area contributed by atoms with Gasteiger partial charge in [0.15, 0.2) is 0 Å². The number of hydrogen-bond donors (Lipinski definition) is 2. The predicted octanol–water partition coefficient (Wildman–Crippen LogP) is -0.611. The Labute approximate surface area is 60.8 Å². The summed E-state index contributed by atoms with van der Waals surface area (Å²) in [4.78, 5) is 0. The monoisotopic (exact) mass is 153 g/mol. The van der Waals surface area contributed by atoms with Crippen molar-refractivity contribution in [1.29, 1.82) is 0 Å². The van der Waals surface area contributed by atoms with Gasteiger partial charge in [-0.2, -0.15) is 0 Å². The van der Waals surface area contributed by atoms with E-state index in [0.717, 1.165) is 13.1 Å². The third kappa shape index (κ3) is 1.55. The average molecular weight is 154 g/mol. The second-order valence-corrected chi connectivity index (χ2v) is 2.15. The summed E-state index contributed by atoms with van der Waals surface area (Å²) in [5.74, 6) is 0. The molecule has 0 radical (unpaired) electrons. The number of methoxy groups -OCH3 is 1. The Morgan fingerprint density at radius 2 is 2.22 bits per heavy atom. The maximum Gasteiger partial charge on any atom is 0.115 e. The van der Waals surface area contributed by atoms with E-state index in [1.165, 1.54) is 0 Å². The maximum absolute atomic E-state index is 8.67. The van der Waals surface area contributed by atoms with Crippen LogP contribution in [0.2, 0.25) is 0 Å². The molecule has 1 aliphatic rings. The molecule has 9 heavy (non-hydrogen) atoms. The van der Waals surface area contributed by atoms with E-state index in [1.54, 1.807) is 7.11 Å². The van der Waals surface area contributed by atoms with E-state index in [0.29, 0.717) is 0 Å². The van der Waals surface area contributed by atoms with E-state index < -0.39 is 0 Å². The second kappa shape index (κ2) is 3.37. The minimum atomic E-state index is -0.250. The van der Waals surface area contributed by atoms with Gasteiger partial charge in [0.2, 0.25) is 0 Å². The maximum atomic E-state index is 8.67. The molecule has 1 saturated heterocycles. The number of ether oxygens (including phenoxy) is 1. The first-order chi connectivity index (χ1) is 3.83. The lowest BCUT2D eigenvalue weighted by atomic mass is 9.99. The fraction of sp³-hybridized carbons (Fsp3) is 1.00. The Hall–Kier alpha value is 0.170. The number of rotatable bonds is 2. The van der Waals surface area contributed by atoms with Crippen LogP contribution in [-0.4, -0.2) is 37.5 Å². The minimum absolute atomic E-state index is 0. The molecule has 0 unspecified atom stereocenters. The summed E-state index contributed by atoms with van der Waals surface area (Å²) in [5.41, 5.74) is -0.250. The molecule has 3 nitrogen and oxygen atoms in total. The molecule has 0 amide bonds. The van der Waals surface area contributed by atoms with E-state index in [4.69, 9.17) is 9.84 Å². The number of halogens is 1. The fourth-order valence-electron chi connectivity index (χ4n) is 0.725. The van der Waals surface area contributed by atoms with Crippen molar-refractivity contribution >= 4 is 12.4 Å². The Balaban J connectivity index is 0.000000640. The molecule has 4 heteroatoms. The number of hydrogen-bond acceptors (Lipinski definition) is 3. The van der Waals surface area contributed by atoms with Crippen LogP contribution in [0.5, 0.6) is 0 Å². The van der Waals surface area contributed by atoms with Crippen LogP contribution in [0.25, 0.3) is 0 Å². The molecule has 1 aliphatic heterocycles. The molecule has 0 bridgehead atoms. The van der Waals surface area contributed by atoms with Crippen molar-refractivity contribution in [2.24, 2.45) is 0 Å². The summed E-state index contributed by atoms with van der Waals surface area (Å²) in [6.45, 7) is 1.68. The van der Waals surface area contributed by atoms with Crippen molar-refractivity contribution in [2.45, 2.75) is 5.60 Å². The predicted molar refractivity (Wildman–Crippen MR) is 36.9 cm³/mol. The van der Waals surface area contributed by atoms with Crippen LogP contribution in [0.1, 0.15) is 0 Å². The zero-order chi connectivity index (χ0) is 6.04. The van der Waals surface area contributed by atoms with Gasteiger partial charge in [-0.3, -0.25) is 0 Å². The summed E-state index contributed by atoms with van der Waals surface area (Å²) >= 11 is 0. The lowest BCUT2D eigenvalue weighted by Crippen LogP contribution is -2.62. The molecular weight excluding hydrogens is 142 g/mol. The molecule has 0 spiro atoms. The smallest absolute Gasteiger partial charge is 0.115 e. The molecule has 0 aromatic rings. The van der Waals surface area contributed by atoms with E-state index in [2.05, 4.69) is 5.32 Å². The first kappa shape index (κ1) is 9.17. The Morgan fingerprint density at radius 1 is 1.67 bits per heavy atom. The molecule has 1 rings (SSSR count). The molecular formula is C5H12ClNO2. The van der Waals surface area contributed by atoms with E-state index in [-0.39, 0.29) is 24.6 Å². The van der Waals surface area contributed by atoms with Crippen molar-refractivity contribution in [3.05, 3.63) is 0 Å². The second-order valence-electron chi connectivity index (χ2n) is 2.15. The summed E-state index contributed by atoms with van der Waals surface area (Å²) in [7, 11) is 1.62. The van der Waals surface area contributed by atoms with Crippen LogP contribution >= 0.6 is 12.4 Å². The standard InChI is InChI=1S/C5H11NO2.ClH/c1-8-5(4-7)2-6-3-5;/h6-7H,2-4H2,1H3;1H. The summed E-state index contributed by atoms with van der Waals surface area (Å²) in [5, 5.41) is 11.7.